The molecule has 0 radical (unpaired) electrons. The van der Waals surface area contributed by atoms with Crippen LogP contribution in [0.25, 0.3) is 5.69 Å². The highest BCUT2D eigenvalue weighted by Gasteiger charge is 2.48. The third-order valence-corrected chi connectivity index (χ3v) is 8.13. The van der Waals surface area contributed by atoms with Gasteiger partial charge in [0.15, 0.2) is 5.69 Å². The lowest BCUT2D eigenvalue weighted by atomic mass is 9.82. The number of nitrogens with zero attached hydrogens (tertiary/aromatic N) is 5. The number of ether oxygens (including phenoxy) is 1. The van der Waals surface area contributed by atoms with Crippen LogP contribution in [0.3, 0.4) is 0 Å². The fourth-order valence-corrected chi connectivity index (χ4v) is 6.25. The lowest BCUT2D eigenvalue weighted by Gasteiger charge is -2.32. The Morgan fingerprint density at radius 1 is 1.25 bits per heavy atom. The zero-order chi connectivity index (χ0) is 25.0. The average molecular weight is 493 g/mol. The highest BCUT2D eigenvalue weighted by molar-refractivity contribution is 6.05. The van der Waals surface area contributed by atoms with Gasteiger partial charge in [-0.2, -0.15) is 0 Å². The van der Waals surface area contributed by atoms with Gasteiger partial charge in [-0.3, -0.25) is 24.5 Å². The monoisotopic (exact) mass is 492 g/mol. The van der Waals surface area contributed by atoms with Gasteiger partial charge in [0.05, 0.1) is 18.0 Å². The van der Waals surface area contributed by atoms with Crippen LogP contribution >= 0.6 is 0 Å². The van der Waals surface area contributed by atoms with Gasteiger partial charge in [0, 0.05) is 44.1 Å². The number of carbonyl (C=O) groups excluding carboxylic acids is 4. The van der Waals surface area contributed by atoms with E-state index >= 15 is 0 Å². The van der Waals surface area contributed by atoms with Crippen LogP contribution in [0.1, 0.15) is 64.9 Å². The van der Waals surface area contributed by atoms with Crippen molar-refractivity contribution >= 4 is 23.6 Å². The molecule has 0 spiro atoms. The Morgan fingerprint density at radius 2 is 2.11 bits per heavy atom. The summed E-state index contributed by atoms with van der Waals surface area (Å²) in [6, 6.07) is 4.61. The molecule has 36 heavy (non-hydrogen) atoms. The Labute approximate surface area is 207 Å². The molecule has 1 unspecified atom stereocenters. The van der Waals surface area contributed by atoms with Gasteiger partial charge in [0.25, 0.3) is 11.8 Å². The molecule has 4 amide bonds. The van der Waals surface area contributed by atoms with Crippen LogP contribution in [0, 0.1) is 5.41 Å². The Hall–Kier alpha value is -3.60. The molecule has 3 aliphatic heterocycles. The number of rotatable bonds is 5. The van der Waals surface area contributed by atoms with Gasteiger partial charge in [0.1, 0.15) is 6.04 Å². The van der Waals surface area contributed by atoms with E-state index in [1.54, 1.807) is 30.3 Å². The van der Waals surface area contributed by atoms with Gasteiger partial charge in [-0.15, -0.1) is 5.10 Å². The molecule has 1 aliphatic carbocycles. The molecule has 188 valence electrons. The fourth-order valence-electron chi connectivity index (χ4n) is 6.25. The molecule has 1 aromatic heterocycles. The van der Waals surface area contributed by atoms with Gasteiger partial charge < -0.3 is 14.5 Å². The Bertz CT molecular complexity index is 1260. The van der Waals surface area contributed by atoms with Gasteiger partial charge in [0.2, 0.25) is 11.8 Å². The second-order valence-electron chi connectivity index (χ2n) is 10.3. The molecule has 6 rings (SSSR count). The molecule has 11 nitrogen and oxygen atoms in total. The van der Waals surface area contributed by atoms with E-state index in [1.165, 1.54) is 9.58 Å². The Balaban J connectivity index is 1.17. The number of fused-ring (bicyclic) bond motifs is 2. The normalized spacial score (nSPS) is 27.2. The van der Waals surface area contributed by atoms with E-state index < -0.39 is 11.9 Å². The average Bonchev–Trinajstić information content (AvgIpc) is 3.62. The summed E-state index contributed by atoms with van der Waals surface area (Å²) in [5.74, 6) is -1.18. The minimum atomic E-state index is -0.665. The molecule has 0 bridgehead atoms. The zero-order valence-corrected chi connectivity index (χ0v) is 20.1. The first-order chi connectivity index (χ1) is 17.3. The predicted octanol–water partition coefficient (Wildman–Crippen LogP) is 1.06. The molecule has 2 aromatic rings. The molecule has 3 fully saturated rings. The van der Waals surface area contributed by atoms with Gasteiger partial charge in [-0.05, 0) is 49.4 Å². The number of benzene rings is 1. The number of hydrogen-bond donors (Lipinski definition) is 1. The van der Waals surface area contributed by atoms with Crippen molar-refractivity contribution in [2.75, 3.05) is 20.2 Å². The minimum absolute atomic E-state index is 0.0430. The Kier molecular flexibility index (Phi) is 5.40. The fraction of sp³-hybridized carbons (Fsp3) is 0.520. The summed E-state index contributed by atoms with van der Waals surface area (Å²) in [6.07, 6.45) is 6.60. The third kappa shape index (κ3) is 3.69. The number of aromatic nitrogens is 3. The van der Waals surface area contributed by atoms with Crippen LogP contribution in [0.5, 0.6) is 0 Å². The van der Waals surface area contributed by atoms with Gasteiger partial charge in [-0.25, -0.2) is 4.68 Å². The van der Waals surface area contributed by atoms with Crippen LogP contribution in [-0.4, -0.2) is 80.8 Å². The number of amides is 4. The van der Waals surface area contributed by atoms with Crippen molar-refractivity contribution < 1.29 is 23.9 Å². The Morgan fingerprint density at radius 3 is 2.94 bits per heavy atom. The van der Waals surface area contributed by atoms with Gasteiger partial charge in [-0.1, -0.05) is 11.6 Å². The van der Waals surface area contributed by atoms with E-state index in [0.717, 1.165) is 37.9 Å². The number of carbonyl (C=O) groups is 4. The summed E-state index contributed by atoms with van der Waals surface area (Å²) in [5, 5.41) is 10.6. The molecule has 1 aromatic carbocycles. The lowest BCUT2D eigenvalue weighted by Crippen LogP contribution is -2.52. The first-order valence-corrected chi connectivity index (χ1v) is 12.4. The molecule has 11 heteroatoms. The van der Waals surface area contributed by atoms with E-state index in [2.05, 4.69) is 15.6 Å². The maximum absolute atomic E-state index is 13.1. The molecule has 1 N–H and O–H groups in total. The maximum atomic E-state index is 13.1. The molecular weight excluding hydrogens is 464 g/mol. The zero-order valence-electron chi connectivity index (χ0n) is 20.1. The number of nitrogens with one attached hydrogen (secondary N) is 1. The van der Waals surface area contributed by atoms with Crippen LogP contribution < -0.4 is 5.32 Å². The standard InChI is InChI=1S/C25H28N6O5/c1-29(14-25-8-2-3-20(25)36-10-9-25)24(35)18-13-31(28-27-18)16-4-5-17-15(11-16)12-30(23(17)34)19-6-7-21(32)26-22(19)33/h4-5,11,13,19-20H,2-3,6-10,12,14H2,1H3,(H,26,32,33)/t19?,20-,25-/m1/s1. The second-order valence-corrected chi connectivity index (χ2v) is 10.3. The van der Waals surface area contributed by atoms with Crippen molar-refractivity contribution in [2.45, 2.75) is 57.2 Å². The van der Waals surface area contributed by atoms with E-state index in [-0.39, 0.29) is 47.9 Å². The van der Waals surface area contributed by atoms with Crippen molar-refractivity contribution in [2.24, 2.45) is 5.41 Å². The predicted molar refractivity (Wildman–Crippen MR) is 125 cm³/mol. The largest absolute Gasteiger partial charge is 0.378 e. The van der Waals surface area contributed by atoms with Crippen molar-refractivity contribution in [1.82, 2.24) is 30.1 Å². The molecule has 1 saturated carbocycles. The number of imide groups is 1. The molecule has 3 atom stereocenters. The van der Waals surface area contributed by atoms with E-state index in [4.69, 9.17) is 4.74 Å². The summed E-state index contributed by atoms with van der Waals surface area (Å²) >= 11 is 0. The van der Waals surface area contributed by atoms with E-state index in [9.17, 15) is 19.2 Å². The highest BCUT2D eigenvalue weighted by Crippen LogP contribution is 2.47. The summed E-state index contributed by atoms with van der Waals surface area (Å²) in [6.45, 7) is 1.66. The van der Waals surface area contributed by atoms with Crippen LogP contribution in [-0.2, 0) is 20.9 Å². The maximum Gasteiger partial charge on any atom is 0.275 e. The molecular formula is C25H28N6O5. The first kappa shape index (κ1) is 22.8. The summed E-state index contributed by atoms with van der Waals surface area (Å²) in [5.41, 5.74) is 2.24. The minimum Gasteiger partial charge on any atom is -0.378 e. The quantitative estimate of drug-likeness (QED) is 0.619. The van der Waals surface area contributed by atoms with Crippen LogP contribution in [0.15, 0.2) is 24.4 Å². The van der Waals surface area contributed by atoms with Gasteiger partial charge >= 0.3 is 0 Å². The van der Waals surface area contributed by atoms with Crippen LogP contribution in [0.4, 0.5) is 0 Å². The van der Waals surface area contributed by atoms with E-state index in [1.807, 2.05) is 6.07 Å². The third-order valence-electron chi connectivity index (χ3n) is 8.13. The van der Waals surface area contributed by atoms with Crippen molar-refractivity contribution in [3.63, 3.8) is 0 Å². The summed E-state index contributed by atoms with van der Waals surface area (Å²) in [4.78, 5) is 53.0. The highest BCUT2D eigenvalue weighted by atomic mass is 16.5. The van der Waals surface area contributed by atoms with E-state index in [0.29, 0.717) is 24.2 Å². The smallest absolute Gasteiger partial charge is 0.275 e. The summed E-state index contributed by atoms with van der Waals surface area (Å²) < 4.78 is 7.42. The topological polar surface area (TPSA) is 127 Å². The molecule has 2 saturated heterocycles. The molecule has 4 heterocycles. The number of hydrogen-bond acceptors (Lipinski definition) is 7. The van der Waals surface area contributed by atoms with Crippen molar-refractivity contribution in [3.8, 4) is 5.69 Å². The molecule has 4 aliphatic rings. The second kappa shape index (κ2) is 8.51. The van der Waals surface area contributed by atoms with Crippen LogP contribution in [0.2, 0.25) is 0 Å². The summed E-state index contributed by atoms with van der Waals surface area (Å²) in [7, 11) is 1.80. The SMILES string of the molecule is CN(C[C@]12CCC[C@H]1OCC2)C(=O)c1cn(-c2ccc3c(c2)CN(C2CCC(=O)NC2=O)C3=O)nn1. The number of piperidine rings is 1. The first-order valence-electron chi connectivity index (χ1n) is 12.4. The van der Waals surface area contributed by atoms with Crippen molar-refractivity contribution in [1.29, 1.82) is 0 Å². The lowest BCUT2D eigenvalue weighted by molar-refractivity contribution is -0.136. The van der Waals surface area contributed by atoms with Crippen molar-refractivity contribution in [3.05, 3.63) is 41.2 Å².